The lowest BCUT2D eigenvalue weighted by atomic mass is 10.0. The number of anilines is 2. The lowest BCUT2D eigenvalue weighted by Gasteiger charge is -2.12. The Morgan fingerprint density at radius 1 is 1.08 bits per heavy atom. The van der Waals surface area contributed by atoms with Crippen molar-refractivity contribution in [1.82, 2.24) is 9.97 Å². The molecule has 6 heteroatoms. The number of halogens is 2. The zero-order chi connectivity index (χ0) is 18.3. The molecule has 2 aromatic heterocycles. The van der Waals surface area contributed by atoms with Gasteiger partial charge in [0.15, 0.2) is 5.78 Å². The smallest absolute Gasteiger partial charge is 0.159 e. The first-order valence-electron chi connectivity index (χ1n) is 7.93. The zero-order valence-electron chi connectivity index (χ0n) is 13.8. The van der Waals surface area contributed by atoms with Crippen molar-refractivity contribution >= 4 is 50.6 Å². The van der Waals surface area contributed by atoms with Crippen molar-refractivity contribution in [2.24, 2.45) is 0 Å². The van der Waals surface area contributed by atoms with Gasteiger partial charge in [-0.3, -0.25) is 9.78 Å². The number of hydrogen-bond acceptors (Lipinski definition) is 4. The van der Waals surface area contributed by atoms with Crippen LogP contribution in [0.4, 0.5) is 15.9 Å². The van der Waals surface area contributed by atoms with E-state index in [9.17, 15) is 9.18 Å². The van der Waals surface area contributed by atoms with E-state index in [-0.39, 0.29) is 10.8 Å². The molecule has 0 unspecified atom stereocenters. The monoisotopic (exact) mass is 365 g/mol. The minimum absolute atomic E-state index is 0.0280. The second kappa shape index (κ2) is 6.35. The Bertz CT molecular complexity index is 1180. The third-order valence-corrected chi connectivity index (χ3v) is 4.47. The number of benzene rings is 2. The Balaban J connectivity index is 1.93. The molecule has 0 fully saturated rings. The molecule has 4 aromatic rings. The molecule has 2 heterocycles. The molecule has 0 atom stereocenters. The average molecular weight is 366 g/mol. The molecule has 0 saturated carbocycles. The summed E-state index contributed by atoms with van der Waals surface area (Å²) in [7, 11) is 0. The number of aromatic nitrogens is 2. The van der Waals surface area contributed by atoms with E-state index in [1.165, 1.54) is 19.1 Å². The minimum atomic E-state index is -0.483. The Morgan fingerprint density at radius 3 is 2.69 bits per heavy atom. The predicted octanol–water partition coefficient (Wildman–Crippen LogP) is 5.52. The number of carbonyl (C=O) groups excluding carboxylic acids is 1. The van der Waals surface area contributed by atoms with Crippen molar-refractivity contribution < 1.29 is 9.18 Å². The van der Waals surface area contributed by atoms with Crippen LogP contribution in [0.2, 0.25) is 5.02 Å². The fourth-order valence-electron chi connectivity index (χ4n) is 2.87. The fraction of sp³-hybridized carbons (Fsp3) is 0.0500. The lowest BCUT2D eigenvalue weighted by molar-refractivity contribution is 0.101. The summed E-state index contributed by atoms with van der Waals surface area (Å²) in [6.45, 7) is 1.52. The highest BCUT2D eigenvalue weighted by Gasteiger charge is 2.11. The largest absolute Gasteiger partial charge is 0.340 e. The molecule has 0 spiro atoms. The first kappa shape index (κ1) is 16.4. The van der Waals surface area contributed by atoms with Crippen molar-refractivity contribution in [3.05, 3.63) is 71.3 Å². The highest BCUT2D eigenvalue weighted by Crippen LogP contribution is 2.31. The molecular formula is C20H13ClFN3O. The van der Waals surface area contributed by atoms with Crippen molar-refractivity contribution in [1.29, 1.82) is 0 Å². The first-order chi connectivity index (χ1) is 12.5. The molecule has 1 N–H and O–H groups in total. The van der Waals surface area contributed by atoms with Crippen LogP contribution in [0.1, 0.15) is 17.3 Å². The maximum Gasteiger partial charge on any atom is 0.159 e. The standard InChI is InChI=1S/C20H13ClFN3O/c1-11(26)12-2-4-14-16-10-23-7-6-15(16)20(25-19(14)8-12)24-13-3-5-18(22)17(21)9-13/h2-10H,1H3,(H,24,25). The van der Waals surface area contributed by atoms with Crippen LogP contribution in [0.15, 0.2) is 54.9 Å². The number of nitrogens with one attached hydrogen (secondary N) is 1. The highest BCUT2D eigenvalue weighted by molar-refractivity contribution is 6.31. The van der Waals surface area contributed by atoms with Gasteiger partial charge >= 0.3 is 0 Å². The molecule has 4 rings (SSSR count). The van der Waals surface area contributed by atoms with Crippen LogP contribution in [-0.4, -0.2) is 15.8 Å². The van der Waals surface area contributed by atoms with Crippen LogP contribution >= 0.6 is 11.6 Å². The zero-order valence-corrected chi connectivity index (χ0v) is 14.5. The molecule has 0 bridgehead atoms. The second-order valence-corrected chi connectivity index (χ2v) is 6.33. The number of hydrogen-bond donors (Lipinski definition) is 1. The molecule has 128 valence electrons. The van der Waals surface area contributed by atoms with Gasteiger partial charge in [-0.05, 0) is 37.3 Å². The molecule has 4 nitrogen and oxygen atoms in total. The van der Waals surface area contributed by atoms with Crippen LogP contribution in [0, 0.1) is 5.82 Å². The summed E-state index contributed by atoms with van der Waals surface area (Å²) in [6.07, 6.45) is 3.44. The van der Waals surface area contributed by atoms with Gasteiger partial charge in [-0.15, -0.1) is 0 Å². The molecule has 0 aliphatic heterocycles. The number of carbonyl (C=O) groups is 1. The van der Waals surface area contributed by atoms with Gasteiger partial charge in [0.05, 0.1) is 10.5 Å². The van der Waals surface area contributed by atoms with E-state index in [0.717, 1.165) is 16.2 Å². The first-order valence-corrected chi connectivity index (χ1v) is 8.31. The Labute approximate surface area is 153 Å². The fourth-order valence-corrected chi connectivity index (χ4v) is 3.05. The van der Waals surface area contributed by atoms with Gasteiger partial charge < -0.3 is 5.32 Å². The minimum Gasteiger partial charge on any atom is -0.340 e. The number of pyridine rings is 2. The van der Waals surface area contributed by atoms with Crippen molar-refractivity contribution in [2.75, 3.05) is 5.32 Å². The van der Waals surface area contributed by atoms with E-state index in [1.54, 1.807) is 30.6 Å². The van der Waals surface area contributed by atoms with E-state index in [0.29, 0.717) is 22.6 Å². The van der Waals surface area contributed by atoms with E-state index in [2.05, 4.69) is 15.3 Å². The summed E-state index contributed by atoms with van der Waals surface area (Å²) in [5, 5.41) is 5.88. The molecule has 0 radical (unpaired) electrons. The normalized spacial score (nSPS) is 11.0. The van der Waals surface area contributed by atoms with Crippen LogP contribution in [0.5, 0.6) is 0 Å². The molecule has 0 aliphatic rings. The number of nitrogens with zero attached hydrogens (tertiary/aromatic N) is 2. The van der Waals surface area contributed by atoms with Gasteiger partial charge in [0, 0.05) is 39.8 Å². The third-order valence-electron chi connectivity index (χ3n) is 4.19. The Kier molecular flexibility index (Phi) is 4.01. The van der Waals surface area contributed by atoms with E-state index >= 15 is 0 Å². The summed E-state index contributed by atoms with van der Waals surface area (Å²) in [4.78, 5) is 20.6. The molecule has 0 aliphatic carbocycles. The predicted molar refractivity (Wildman–Crippen MR) is 102 cm³/mol. The average Bonchev–Trinajstić information content (AvgIpc) is 2.64. The van der Waals surface area contributed by atoms with Crippen LogP contribution in [0.25, 0.3) is 21.7 Å². The summed E-state index contributed by atoms with van der Waals surface area (Å²) in [5.74, 6) is 0.0712. The molecule has 26 heavy (non-hydrogen) atoms. The Hall–Kier alpha value is -3.05. The lowest BCUT2D eigenvalue weighted by Crippen LogP contribution is -1.98. The molecular weight excluding hydrogens is 353 g/mol. The van der Waals surface area contributed by atoms with Crippen molar-refractivity contribution in [2.45, 2.75) is 6.92 Å². The second-order valence-electron chi connectivity index (χ2n) is 5.92. The maximum absolute atomic E-state index is 13.4. The van der Waals surface area contributed by atoms with Crippen LogP contribution in [-0.2, 0) is 0 Å². The highest BCUT2D eigenvalue weighted by atomic mass is 35.5. The van der Waals surface area contributed by atoms with Crippen molar-refractivity contribution in [3.63, 3.8) is 0 Å². The number of rotatable bonds is 3. The SMILES string of the molecule is CC(=O)c1ccc2c(c1)nc(Nc1ccc(F)c(Cl)c1)c1ccncc12. The van der Waals surface area contributed by atoms with Crippen LogP contribution < -0.4 is 5.32 Å². The maximum atomic E-state index is 13.4. The summed E-state index contributed by atoms with van der Waals surface area (Å²) in [5.41, 5.74) is 1.88. The topological polar surface area (TPSA) is 54.9 Å². The van der Waals surface area contributed by atoms with Crippen molar-refractivity contribution in [3.8, 4) is 0 Å². The van der Waals surface area contributed by atoms with Gasteiger partial charge in [0.1, 0.15) is 11.6 Å². The number of Topliss-reactive ketones (excluding diaryl/α,β-unsaturated/α-hetero) is 1. The van der Waals surface area contributed by atoms with E-state index in [4.69, 9.17) is 11.6 Å². The summed E-state index contributed by atoms with van der Waals surface area (Å²) >= 11 is 5.87. The van der Waals surface area contributed by atoms with E-state index in [1.807, 2.05) is 12.1 Å². The molecule has 0 saturated heterocycles. The number of fused-ring (bicyclic) bond motifs is 3. The van der Waals surface area contributed by atoms with Gasteiger partial charge in [-0.2, -0.15) is 0 Å². The molecule has 0 amide bonds. The molecule has 2 aromatic carbocycles. The Morgan fingerprint density at radius 2 is 1.92 bits per heavy atom. The van der Waals surface area contributed by atoms with Crippen LogP contribution in [0.3, 0.4) is 0 Å². The van der Waals surface area contributed by atoms with Gasteiger partial charge in [0.2, 0.25) is 0 Å². The van der Waals surface area contributed by atoms with E-state index < -0.39 is 5.82 Å². The third kappa shape index (κ3) is 2.86. The number of ketones is 1. The summed E-state index contributed by atoms with van der Waals surface area (Å²) < 4.78 is 13.4. The van der Waals surface area contributed by atoms with Gasteiger partial charge in [-0.25, -0.2) is 9.37 Å². The quantitative estimate of drug-likeness (QED) is 0.383. The summed E-state index contributed by atoms with van der Waals surface area (Å²) in [6, 6.07) is 11.7. The van der Waals surface area contributed by atoms with Gasteiger partial charge in [-0.1, -0.05) is 23.7 Å². The van der Waals surface area contributed by atoms with Gasteiger partial charge in [0.25, 0.3) is 0 Å².